The highest BCUT2D eigenvalue weighted by Gasteiger charge is 2.32. The van der Waals surface area contributed by atoms with E-state index < -0.39 is 12.7 Å². The van der Waals surface area contributed by atoms with E-state index in [-0.39, 0.29) is 17.4 Å². The average Bonchev–Trinajstić information content (AvgIpc) is 3.86. The molecule has 2 saturated heterocycles. The van der Waals surface area contributed by atoms with E-state index in [1.807, 2.05) is 34.9 Å². The van der Waals surface area contributed by atoms with Gasteiger partial charge in [0.1, 0.15) is 11.5 Å². The molecule has 0 unspecified atom stereocenters. The number of benzene rings is 4. The molecule has 0 saturated carbocycles. The Kier molecular flexibility index (Phi) is 9.07. The summed E-state index contributed by atoms with van der Waals surface area (Å²) in [5.74, 6) is 1.28. The summed E-state index contributed by atoms with van der Waals surface area (Å²) in [6.45, 7) is 3.81. The monoisotopic (exact) mass is 734 g/mol. The molecule has 2 aliphatic rings. The number of para-hydroxylation sites is 2. The van der Waals surface area contributed by atoms with Gasteiger partial charge in [0.25, 0.3) is 0 Å². The number of anilines is 2. The number of halogens is 6. The maximum atomic E-state index is 13.0. The molecule has 2 fully saturated rings. The van der Waals surface area contributed by atoms with E-state index in [1.54, 1.807) is 24.3 Å². The van der Waals surface area contributed by atoms with Crippen molar-refractivity contribution in [2.45, 2.75) is 57.4 Å². The molecule has 8 rings (SSSR count). The predicted octanol–water partition coefficient (Wildman–Crippen LogP) is 9.26. The molecule has 6 aromatic rings. The smallest absolute Gasteiger partial charge is 0.406 e. The first-order chi connectivity index (χ1) is 25.5. The minimum Gasteiger partial charge on any atom is -0.406 e. The van der Waals surface area contributed by atoms with Crippen molar-refractivity contribution in [3.8, 4) is 11.5 Å². The van der Waals surface area contributed by atoms with Crippen LogP contribution in [0.2, 0.25) is 0 Å². The molecular weight excluding hydrogens is 698 g/mol. The van der Waals surface area contributed by atoms with Gasteiger partial charge < -0.3 is 28.4 Å². The van der Waals surface area contributed by atoms with Crippen LogP contribution in [0.3, 0.4) is 0 Å². The van der Waals surface area contributed by atoms with Gasteiger partial charge in [-0.05, 0) is 96.8 Å². The number of hydrogen-bond acceptors (Lipinski definition) is 6. The van der Waals surface area contributed by atoms with E-state index in [1.165, 1.54) is 24.3 Å². The van der Waals surface area contributed by atoms with E-state index in [2.05, 4.69) is 36.0 Å². The van der Waals surface area contributed by atoms with Crippen molar-refractivity contribution in [1.82, 2.24) is 19.1 Å². The summed E-state index contributed by atoms with van der Waals surface area (Å²) in [6.07, 6.45) is -5.78. The average molecular weight is 735 g/mol. The Morgan fingerprint density at radius 3 is 1.68 bits per heavy atom. The van der Waals surface area contributed by atoms with Crippen LogP contribution in [0.25, 0.3) is 22.1 Å². The van der Waals surface area contributed by atoms with E-state index in [0.29, 0.717) is 37.3 Å². The fourth-order valence-electron chi connectivity index (χ4n) is 7.62. The lowest BCUT2D eigenvalue weighted by atomic mass is 9.89. The highest BCUT2D eigenvalue weighted by molar-refractivity contribution is 5.81. The molecule has 0 spiro atoms. The van der Waals surface area contributed by atoms with Crippen LogP contribution in [0.4, 0.5) is 38.2 Å². The van der Waals surface area contributed by atoms with Crippen molar-refractivity contribution < 1.29 is 35.8 Å². The number of piperidine rings is 1. The first kappa shape index (κ1) is 34.7. The maximum absolute atomic E-state index is 13.0. The second-order valence-corrected chi connectivity index (χ2v) is 13.6. The second-order valence-electron chi connectivity index (χ2n) is 13.6. The third-order valence-corrected chi connectivity index (χ3v) is 9.97. The Bertz CT molecular complexity index is 2230. The van der Waals surface area contributed by atoms with Gasteiger partial charge in [-0.25, -0.2) is 9.97 Å². The van der Waals surface area contributed by atoms with Crippen molar-refractivity contribution in [3.63, 3.8) is 0 Å². The normalized spacial score (nSPS) is 15.9. The van der Waals surface area contributed by atoms with Crippen LogP contribution >= 0.6 is 0 Å². The summed E-state index contributed by atoms with van der Waals surface area (Å²) in [7, 11) is 0. The highest BCUT2D eigenvalue weighted by Crippen LogP contribution is 2.36. The molecule has 0 aliphatic carbocycles. The Balaban J connectivity index is 1.05. The molecule has 4 aromatic carbocycles. The Morgan fingerprint density at radius 2 is 1.09 bits per heavy atom. The number of fused-ring (bicyclic) bond motifs is 2. The minimum atomic E-state index is -4.78. The zero-order valence-electron chi connectivity index (χ0n) is 28.6. The summed E-state index contributed by atoms with van der Waals surface area (Å²) in [5, 5.41) is 0. The number of hydrogen-bond donors (Lipinski definition) is 0. The van der Waals surface area contributed by atoms with Crippen LogP contribution in [-0.2, 0) is 13.1 Å². The molecule has 0 radical (unpaired) electrons. The topological polar surface area (TPSA) is 60.6 Å². The predicted molar refractivity (Wildman–Crippen MR) is 190 cm³/mol. The molecule has 0 amide bonds. The van der Waals surface area contributed by atoms with Crippen molar-refractivity contribution in [2.75, 3.05) is 36.0 Å². The number of alkyl halides is 6. The van der Waals surface area contributed by atoms with Gasteiger partial charge in [0.15, 0.2) is 0 Å². The number of ether oxygens (including phenoxy) is 2. The number of aromatic nitrogens is 4. The molecule has 0 atom stereocenters. The number of nitrogens with zero attached hydrogens (tertiary/aromatic N) is 6. The van der Waals surface area contributed by atoms with Crippen molar-refractivity contribution in [2.24, 2.45) is 0 Å². The maximum Gasteiger partial charge on any atom is 0.573 e. The summed E-state index contributed by atoms with van der Waals surface area (Å²) < 4.78 is 90.3. The molecule has 4 heterocycles. The third-order valence-electron chi connectivity index (χ3n) is 9.97. The highest BCUT2D eigenvalue weighted by atomic mass is 19.4. The van der Waals surface area contributed by atoms with Gasteiger partial charge in [-0.2, -0.15) is 0 Å². The van der Waals surface area contributed by atoms with Gasteiger partial charge in [0.2, 0.25) is 11.9 Å². The van der Waals surface area contributed by atoms with Crippen LogP contribution in [-0.4, -0.2) is 58.0 Å². The first-order valence-electron chi connectivity index (χ1n) is 17.6. The summed E-state index contributed by atoms with van der Waals surface area (Å²) >= 11 is 0. The van der Waals surface area contributed by atoms with Gasteiger partial charge >= 0.3 is 12.7 Å². The largest absolute Gasteiger partial charge is 0.573 e. The third kappa shape index (κ3) is 7.72. The molecule has 276 valence electrons. The molecule has 0 bridgehead atoms. The lowest BCUT2D eigenvalue weighted by Gasteiger charge is -2.33. The summed E-state index contributed by atoms with van der Waals surface area (Å²) in [6, 6.07) is 26.2. The van der Waals surface area contributed by atoms with Crippen LogP contribution in [0, 0.1) is 0 Å². The van der Waals surface area contributed by atoms with E-state index in [9.17, 15) is 26.3 Å². The molecule has 2 aromatic heterocycles. The summed E-state index contributed by atoms with van der Waals surface area (Å²) in [5.41, 5.74) is 5.93. The van der Waals surface area contributed by atoms with Crippen LogP contribution in [0.1, 0.15) is 48.3 Å². The summed E-state index contributed by atoms with van der Waals surface area (Å²) in [4.78, 5) is 14.4. The van der Waals surface area contributed by atoms with Crippen molar-refractivity contribution >= 4 is 34.0 Å². The molecule has 2 aliphatic heterocycles. The molecule has 0 N–H and O–H groups in total. The van der Waals surface area contributed by atoms with Gasteiger partial charge in [0, 0.05) is 26.2 Å². The quantitative estimate of drug-likeness (QED) is 0.138. The van der Waals surface area contributed by atoms with Gasteiger partial charge in [-0.15, -0.1) is 26.3 Å². The number of rotatable bonds is 9. The second kappa shape index (κ2) is 13.9. The fraction of sp³-hybridized carbons (Fsp3) is 0.333. The Morgan fingerprint density at radius 1 is 0.566 bits per heavy atom. The standard InChI is InChI=1S/C39H36F6N6O2/c40-38(41,42)52-30-9-5-7-26(21-30)24-50-34-12-2-1-11-32(34)46-37(50)49-19-15-28(16-20-49)29-13-14-33-35(23-29)51(36(47-33)48-17-3-4-18-48)25-27-8-6-10-31(22-27)53-39(43,44)45/h1-2,5-14,21-23,28H,3-4,15-20,24-25H2. The molecule has 14 heteroatoms. The lowest BCUT2D eigenvalue weighted by molar-refractivity contribution is -0.275. The molecule has 53 heavy (non-hydrogen) atoms. The molecule has 8 nitrogen and oxygen atoms in total. The van der Waals surface area contributed by atoms with Crippen LogP contribution in [0.15, 0.2) is 91.0 Å². The first-order valence-corrected chi connectivity index (χ1v) is 17.6. The lowest BCUT2D eigenvalue weighted by Crippen LogP contribution is -2.35. The Labute approximate surface area is 301 Å². The van der Waals surface area contributed by atoms with E-state index in [0.717, 1.165) is 78.3 Å². The van der Waals surface area contributed by atoms with Gasteiger partial charge in [-0.3, -0.25) is 0 Å². The van der Waals surface area contributed by atoms with Gasteiger partial charge in [0.05, 0.1) is 35.2 Å². The SMILES string of the molecule is FC(F)(F)Oc1cccc(Cn2c(N3CCCC3)nc3ccc(C4CCN(c5nc6ccccc6n5Cc5cccc(OC(F)(F)F)c5)CC4)cc32)c1. The zero-order chi connectivity index (χ0) is 36.7. The van der Waals surface area contributed by atoms with Crippen LogP contribution in [0.5, 0.6) is 11.5 Å². The van der Waals surface area contributed by atoms with Gasteiger partial charge in [-0.1, -0.05) is 42.5 Å². The Hall–Kier alpha value is -5.40. The minimum absolute atomic E-state index is 0.242. The zero-order valence-corrected chi connectivity index (χ0v) is 28.6. The fourth-order valence-corrected chi connectivity index (χ4v) is 7.62. The van der Waals surface area contributed by atoms with Crippen molar-refractivity contribution in [3.05, 3.63) is 108 Å². The van der Waals surface area contributed by atoms with E-state index in [4.69, 9.17) is 9.97 Å². The molecular formula is C39H36F6N6O2. The van der Waals surface area contributed by atoms with Crippen LogP contribution < -0.4 is 19.3 Å². The van der Waals surface area contributed by atoms with E-state index >= 15 is 0 Å². The van der Waals surface area contributed by atoms with Crippen molar-refractivity contribution in [1.29, 1.82) is 0 Å². The number of imidazole rings is 2.